The van der Waals surface area contributed by atoms with Gasteiger partial charge in [-0.3, -0.25) is 0 Å². The van der Waals surface area contributed by atoms with Gasteiger partial charge in [-0.05, 0) is 13.3 Å². The molecule has 0 aromatic rings. The second-order valence-electron chi connectivity index (χ2n) is 2.29. The van der Waals surface area contributed by atoms with E-state index in [-0.39, 0.29) is 5.66 Å². The summed E-state index contributed by atoms with van der Waals surface area (Å²) in [5, 5.41) is 0. The lowest BCUT2D eigenvalue weighted by molar-refractivity contribution is 0.432. The first-order valence-electron chi connectivity index (χ1n) is 2.96. The van der Waals surface area contributed by atoms with Crippen LogP contribution in [-0.2, 0) is 0 Å². The minimum atomic E-state index is -0.0885. The standard InChI is InChI=1S/C6H10N2/c1-3-4-6(2)7-5-8-6/h3-4H2,1-2H3. The highest BCUT2D eigenvalue weighted by Gasteiger charge is 2.23. The molecule has 0 spiro atoms. The molecule has 1 rings (SSSR count). The van der Waals surface area contributed by atoms with Crippen LogP contribution in [0.4, 0.5) is 0 Å². The van der Waals surface area contributed by atoms with E-state index < -0.39 is 0 Å². The first-order chi connectivity index (χ1) is 3.77. The highest BCUT2D eigenvalue weighted by Crippen LogP contribution is 2.21. The molecule has 1 heterocycles. The van der Waals surface area contributed by atoms with E-state index in [1.807, 2.05) is 6.92 Å². The average Bonchev–Trinajstić information content (AvgIpc) is 1.64. The van der Waals surface area contributed by atoms with Crippen molar-refractivity contribution in [1.29, 1.82) is 0 Å². The van der Waals surface area contributed by atoms with Gasteiger partial charge in [0.25, 0.3) is 0 Å². The van der Waals surface area contributed by atoms with Crippen LogP contribution in [0, 0.1) is 0 Å². The van der Waals surface area contributed by atoms with Gasteiger partial charge in [-0.2, -0.15) is 9.98 Å². The van der Waals surface area contributed by atoms with Crippen LogP contribution in [0.1, 0.15) is 26.7 Å². The lowest BCUT2D eigenvalue weighted by Crippen LogP contribution is -2.22. The number of hydrogen-bond donors (Lipinski definition) is 0. The fourth-order valence-electron chi connectivity index (χ4n) is 0.806. The number of hydrogen-bond acceptors (Lipinski definition) is 2. The van der Waals surface area contributed by atoms with Crippen molar-refractivity contribution in [2.75, 3.05) is 0 Å². The highest BCUT2D eigenvalue weighted by molar-refractivity contribution is 5.49. The molecule has 2 nitrogen and oxygen atoms in total. The summed E-state index contributed by atoms with van der Waals surface area (Å²) < 4.78 is 0. The molecule has 0 aliphatic carbocycles. The molecule has 1 aliphatic rings. The van der Waals surface area contributed by atoms with E-state index in [1.165, 1.54) is 0 Å². The summed E-state index contributed by atoms with van der Waals surface area (Å²) >= 11 is 0. The SMILES string of the molecule is CCCC1(C)N=C=N1. The third-order valence-electron chi connectivity index (χ3n) is 1.31. The molecular weight excluding hydrogens is 100 g/mol. The van der Waals surface area contributed by atoms with Crippen LogP contribution in [-0.4, -0.2) is 11.7 Å². The van der Waals surface area contributed by atoms with E-state index >= 15 is 0 Å². The average molecular weight is 110 g/mol. The summed E-state index contributed by atoms with van der Waals surface area (Å²) in [6.45, 7) is 4.15. The summed E-state index contributed by atoms with van der Waals surface area (Å²) in [7, 11) is 0. The summed E-state index contributed by atoms with van der Waals surface area (Å²) in [5.74, 6) is 0. The van der Waals surface area contributed by atoms with Gasteiger partial charge in [-0.1, -0.05) is 13.3 Å². The molecule has 0 saturated heterocycles. The maximum absolute atomic E-state index is 3.97. The summed E-state index contributed by atoms with van der Waals surface area (Å²) in [5.41, 5.74) is -0.0885. The molecule has 0 atom stereocenters. The van der Waals surface area contributed by atoms with Gasteiger partial charge < -0.3 is 0 Å². The molecule has 0 radical (unpaired) electrons. The maximum atomic E-state index is 3.97. The topological polar surface area (TPSA) is 24.7 Å². The predicted molar refractivity (Wildman–Crippen MR) is 33.2 cm³/mol. The molecule has 8 heavy (non-hydrogen) atoms. The molecule has 1 aliphatic heterocycles. The van der Waals surface area contributed by atoms with Crippen LogP contribution in [0.5, 0.6) is 0 Å². The minimum absolute atomic E-state index is 0.0885. The summed E-state index contributed by atoms with van der Waals surface area (Å²) in [4.78, 5) is 7.95. The van der Waals surface area contributed by atoms with Gasteiger partial charge >= 0.3 is 0 Å². The van der Waals surface area contributed by atoms with E-state index in [2.05, 4.69) is 22.9 Å². The predicted octanol–water partition coefficient (Wildman–Crippen LogP) is 1.69. The van der Waals surface area contributed by atoms with Crippen LogP contribution < -0.4 is 0 Å². The van der Waals surface area contributed by atoms with E-state index in [0.29, 0.717) is 0 Å². The molecule has 2 heteroatoms. The molecule has 0 aromatic heterocycles. The fraction of sp³-hybridized carbons (Fsp3) is 0.833. The monoisotopic (exact) mass is 110 g/mol. The van der Waals surface area contributed by atoms with E-state index in [4.69, 9.17) is 0 Å². The van der Waals surface area contributed by atoms with Gasteiger partial charge in [0, 0.05) is 0 Å². The smallest absolute Gasteiger partial charge is 0.168 e. The summed E-state index contributed by atoms with van der Waals surface area (Å²) in [6.07, 6.45) is 2.20. The van der Waals surface area contributed by atoms with Crippen molar-refractivity contribution in [1.82, 2.24) is 0 Å². The zero-order valence-corrected chi connectivity index (χ0v) is 5.31. The normalized spacial score (nSPS) is 20.8. The van der Waals surface area contributed by atoms with E-state index in [0.717, 1.165) is 12.8 Å². The number of aliphatic imine (C=N–C) groups is 2. The fourth-order valence-corrected chi connectivity index (χ4v) is 0.806. The Kier molecular flexibility index (Phi) is 1.18. The van der Waals surface area contributed by atoms with Crippen molar-refractivity contribution in [3.63, 3.8) is 0 Å². The molecule has 0 fully saturated rings. The zero-order chi connectivity index (χ0) is 6.04. The molecule has 0 saturated carbocycles. The molecule has 0 bridgehead atoms. The van der Waals surface area contributed by atoms with Crippen molar-refractivity contribution in [2.45, 2.75) is 32.4 Å². The van der Waals surface area contributed by atoms with Crippen molar-refractivity contribution >= 4 is 6.01 Å². The van der Waals surface area contributed by atoms with Gasteiger partial charge in [0.15, 0.2) is 5.66 Å². The van der Waals surface area contributed by atoms with Crippen molar-refractivity contribution in [3.05, 3.63) is 0 Å². The molecular formula is C6H10N2. The Morgan fingerprint density at radius 2 is 2.12 bits per heavy atom. The molecule has 0 amide bonds. The first kappa shape index (κ1) is 5.52. The lowest BCUT2D eigenvalue weighted by Gasteiger charge is -2.19. The van der Waals surface area contributed by atoms with Crippen LogP contribution in [0.25, 0.3) is 0 Å². The van der Waals surface area contributed by atoms with Gasteiger partial charge in [-0.15, -0.1) is 0 Å². The van der Waals surface area contributed by atoms with Gasteiger partial charge in [0.2, 0.25) is 0 Å². The number of nitrogens with zero attached hydrogens (tertiary/aromatic N) is 2. The van der Waals surface area contributed by atoms with E-state index in [9.17, 15) is 0 Å². The van der Waals surface area contributed by atoms with E-state index in [1.54, 1.807) is 0 Å². The Balaban J connectivity index is 2.36. The Hall–Kier alpha value is -0.620. The minimum Gasteiger partial charge on any atom is -0.194 e. The molecule has 0 N–H and O–H groups in total. The summed E-state index contributed by atoms with van der Waals surface area (Å²) in [6, 6.07) is 2.54. The Labute approximate surface area is 49.3 Å². The number of rotatable bonds is 2. The second-order valence-corrected chi connectivity index (χ2v) is 2.29. The third kappa shape index (κ3) is 0.797. The lowest BCUT2D eigenvalue weighted by atomic mass is 10.1. The van der Waals surface area contributed by atoms with Gasteiger partial charge in [-0.25, -0.2) is 0 Å². The Morgan fingerprint density at radius 1 is 1.50 bits per heavy atom. The van der Waals surface area contributed by atoms with Crippen molar-refractivity contribution in [3.8, 4) is 0 Å². The van der Waals surface area contributed by atoms with Crippen LogP contribution in [0.15, 0.2) is 9.98 Å². The van der Waals surface area contributed by atoms with Crippen LogP contribution >= 0.6 is 0 Å². The van der Waals surface area contributed by atoms with Crippen molar-refractivity contribution < 1.29 is 0 Å². The third-order valence-corrected chi connectivity index (χ3v) is 1.31. The second kappa shape index (κ2) is 1.71. The Bertz CT molecular complexity index is 135. The Morgan fingerprint density at radius 3 is 2.25 bits per heavy atom. The maximum Gasteiger partial charge on any atom is 0.168 e. The van der Waals surface area contributed by atoms with Crippen molar-refractivity contribution in [2.24, 2.45) is 9.98 Å². The first-order valence-corrected chi connectivity index (χ1v) is 2.96. The largest absolute Gasteiger partial charge is 0.194 e. The van der Waals surface area contributed by atoms with Crippen LogP contribution in [0.2, 0.25) is 0 Å². The van der Waals surface area contributed by atoms with Gasteiger partial charge in [0.1, 0.15) is 0 Å². The highest BCUT2D eigenvalue weighted by atomic mass is 15.1. The zero-order valence-electron chi connectivity index (χ0n) is 5.31. The molecule has 0 unspecified atom stereocenters. The van der Waals surface area contributed by atoms with Crippen LogP contribution in [0.3, 0.4) is 0 Å². The quantitative estimate of drug-likeness (QED) is 0.516. The molecule has 0 aromatic carbocycles. The molecule has 44 valence electrons. The van der Waals surface area contributed by atoms with Gasteiger partial charge in [0.05, 0.1) is 6.01 Å².